The first-order chi connectivity index (χ1) is 14.0. The molecule has 4 rings (SSSR count). The number of halogens is 1. The Bertz CT molecular complexity index is 1050. The largest absolute Gasteiger partial charge is 0.338 e. The van der Waals surface area contributed by atoms with E-state index in [1.54, 1.807) is 6.33 Å². The average molecular weight is 406 g/mol. The maximum atomic E-state index is 13.2. The molecule has 1 fully saturated rings. The molecule has 0 spiro atoms. The number of piperidine rings is 1. The molecule has 1 amide bonds. The van der Waals surface area contributed by atoms with Crippen molar-refractivity contribution in [2.24, 2.45) is 0 Å². The summed E-state index contributed by atoms with van der Waals surface area (Å²) in [6.45, 7) is 5.44. The second-order valence-corrected chi connectivity index (χ2v) is 8.12. The third kappa shape index (κ3) is 4.03. The summed E-state index contributed by atoms with van der Waals surface area (Å²) < 4.78 is 0. The van der Waals surface area contributed by atoms with Crippen molar-refractivity contribution in [2.45, 2.75) is 32.6 Å². The van der Waals surface area contributed by atoms with Crippen LogP contribution in [0.3, 0.4) is 0 Å². The highest BCUT2D eigenvalue weighted by Gasteiger charge is 2.29. The molecule has 2 heterocycles. The molecule has 1 atom stereocenters. The van der Waals surface area contributed by atoms with Gasteiger partial charge in [-0.25, -0.2) is 9.97 Å². The summed E-state index contributed by atoms with van der Waals surface area (Å²) >= 11 is 6.44. The Kier molecular flexibility index (Phi) is 5.63. The van der Waals surface area contributed by atoms with Gasteiger partial charge in [-0.2, -0.15) is 0 Å². The van der Waals surface area contributed by atoms with Gasteiger partial charge in [-0.1, -0.05) is 47.5 Å². The minimum Gasteiger partial charge on any atom is -0.338 e. The molecule has 148 valence electrons. The first-order valence-electron chi connectivity index (χ1n) is 9.96. The number of nitrogens with zero attached hydrogens (tertiary/aromatic N) is 3. The fourth-order valence-corrected chi connectivity index (χ4v) is 4.31. The molecular weight excluding hydrogens is 382 g/mol. The quantitative estimate of drug-likeness (QED) is 0.583. The molecule has 5 heteroatoms. The van der Waals surface area contributed by atoms with Gasteiger partial charge < -0.3 is 4.90 Å². The lowest BCUT2D eigenvalue weighted by Crippen LogP contribution is -2.39. The van der Waals surface area contributed by atoms with E-state index in [2.05, 4.69) is 9.97 Å². The topological polar surface area (TPSA) is 46.1 Å². The summed E-state index contributed by atoms with van der Waals surface area (Å²) in [5.41, 5.74) is 5.75. The summed E-state index contributed by atoms with van der Waals surface area (Å²) in [4.78, 5) is 24.0. The Morgan fingerprint density at radius 3 is 2.79 bits per heavy atom. The van der Waals surface area contributed by atoms with Crippen LogP contribution in [0.5, 0.6) is 0 Å². The molecular formula is C24H24ClN3O. The van der Waals surface area contributed by atoms with Gasteiger partial charge in [0.05, 0.1) is 5.69 Å². The van der Waals surface area contributed by atoms with Crippen molar-refractivity contribution in [3.05, 3.63) is 82.4 Å². The standard InChI is InChI=1S/C24H24ClN3O/c1-16-9-10-17(2)20(12-16)24(29)28-11-5-6-18(14-28)23-21(13-26-15-27-23)19-7-3-4-8-22(19)25/h3-4,7-10,12-13,15,18H,5-6,11,14H2,1-2H3/t18-/m0/s1. The predicted octanol–water partition coefficient (Wildman–Crippen LogP) is 5.43. The van der Waals surface area contributed by atoms with Gasteiger partial charge in [0, 0.05) is 46.9 Å². The van der Waals surface area contributed by atoms with Crippen molar-refractivity contribution in [2.75, 3.05) is 13.1 Å². The number of likely N-dealkylation sites (tertiary alicyclic amines) is 1. The molecule has 3 aromatic rings. The zero-order valence-electron chi connectivity index (χ0n) is 16.7. The lowest BCUT2D eigenvalue weighted by Gasteiger charge is -2.33. The van der Waals surface area contributed by atoms with Crippen molar-refractivity contribution in [3.63, 3.8) is 0 Å². The molecule has 29 heavy (non-hydrogen) atoms. The SMILES string of the molecule is Cc1ccc(C)c(C(=O)N2CCC[C@H](c3ncncc3-c3ccccc3Cl)C2)c1. The second-order valence-electron chi connectivity index (χ2n) is 7.71. The second kappa shape index (κ2) is 8.34. The van der Waals surface area contributed by atoms with Gasteiger partial charge in [0.15, 0.2) is 0 Å². The normalized spacial score (nSPS) is 16.7. The Hall–Kier alpha value is -2.72. The van der Waals surface area contributed by atoms with Crippen molar-refractivity contribution >= 4 is 17.5 Å². The van der Waals surface area contributed by atoms with E-state index in [-0.39, 0.29) is 11.8 Å². The molecule has 0 radical (unpaired) electrons. The molecule has 2 aromatic carbocycles. The molecule has 1 aliphatic rings. The maximum absolute atomic E-state index is 13.2. The van der Waals surface area contributed by atoms with E-state index in [4.69, 9.17) is 11.6 Å². The van der Waals surface area contributed by atoms with Crippen LogP contribution in [0.2, 0.25) is 5.02 Å². The number of rotatable bonds is 3. The predicted molar refractivity (Wildman–Crippen MR) is 116 cm³/mol. The fourth-order valence-electron chi connectivity index (χ4n) is 4.07. The number of amides is 1. The van der Waals surface area contributed by atoms with Crippen LogP contribution in [0.15, 0.2) is 55.0 Å². The monoisotopic (exact) mass is 405 g/mol. The molecule has 0 bridgehead atoms. The van der Waals surface area contributed by atoms with Crippen molar-refractivity contribution < 1.29 is 4.79 Å². The molecule has 0 aliphatic carbocycles. The first-order valence-corrected chi connectivity index (χ1v) is 10.3. The van der Waals surface area contributed by atoms with Gasteiger partial charge in [0.2, 0.25) is 0 Å². The van der Waals surface area contributed by atoms with Crippen LogP contribution in [-0.4, -0.2) is 33.9 Å². The van der Waals surface area contributed by atoms with Crippen LogP contribution >= 0.6 is 11.6 Å². The number of carbonyl (C=O) groups is 1. The summed E-state index contributed by atoms with van der Waals surface area (Å²) in [5, 5.41) is 0.683. The third-order valence-electron chi connectivity index (χ3n) is 5.63. The first kappa shape index (κ1) is 19.6. The van der Waals surface area contributed by atoms with Crippen LogP contribution in [0.25, 0.3) is 11.1 Å². The smallest absolute Gasteiger partial charge is 0.254 e. The van der Waals surface area contributed by atoms with Crippen LogP contribution < -0.4 is 0 Å². The number of benzene rings is 2. The average Bonchev–Trinajstić information content (AvgIpc) is 2.75. The van der Waals surface area contributed by atoms with Crippen molar-refractivity contribution in [1.29, 1.82) is 0 Å². The Morgan fingerprint density at radius 1 is 1.14 bits per heavy atom. The van der Waals surface area contributed by atoms with Gasteiger partial charge in [0.1, 0.15) is 6.33 Å². The zero-order chi connectivity index (χ0) is 20.4. The lowest BCUT2D eigenvalue weighted by atomic mass is 9.89. The molecule has 4 nitrogen and oxygen atoms in total. The Labute approximate surface area is 176 Å². The number of carbonyl (C=O) groups excluding carboxylic acids is 1. The number of aryl methyl sites for hydroxylation is 2. The summed E-state index contributed by atoms with van der Waals surface area (Å²) in [6.07, 6.45) is 5.36. The highest BCUT2D eigenvalue weighted by atomic mass is 35.5. The third-order valence-corrected chi connectivity index (χ3v) is 5.96. The molecule has 0 saturated carbocycles. The van der Waals surface area contributed by atoms with E-state index in [0.29, 0.717) is 11.6 Å². The van der Waals surface area contributed by atoms with Crippen LogP contribution in [0, 0.1) is 13.8 Å². The number of hydrogen-bond acceptors (Lipinski definition) is 3. The minimum absolute atomic E-state index is 0.101. The Balaban J connectivity index is 1.64. The van der Waals surface area contributed by atoms with Crippen LogP contribution in [0.1, 0.15) is 45.9 Å². The summed E-state index contributed by atoms with van der Waals surface area (Å²) in [5.74, 6) is 0.260. The van der Waals surface area contributed by atoms with Crippen molar-refractivity contribution in [1.82, 2.24) is 14.9 Å². The van der Waals surface area contributed by atoms with Gasteiger partial charge >= 0.3 is 0 Å². The van der Waals surface area contributed by atoms with Gasteiger partial charge in [0.25, 0.3) is 5.91 Å². The molecule has 1 aliphatic heterocycles. The number of hydrogen-bond donors (Lipinski definition) is 0. The molecule has 0 N–H and O–H groups in total. The lowest BCUT2D eigenvalue weighted by molar-refractivity contribution is 0.0705. The van der Waals surface area contributed by atoms with Crippen LogP contribution in [-0.2, 0) is 0 Å². The van der Waals surface area contributed by atoms with Crippen molar-refractivity contribution in [3.8, 4) is 11.1 Å². The molecule has 1 saturated heterocycles. The van der Waals surface area contributed by atoms with Gasteiger partial charge in [-0.3, -0.25) is 4.79 Å². The van der Waals surface area contributed by atoms with Gasteiger partial charge in [-0.05, 0) is 44.4 Å². The van der Waals surface area contributed by atoms with E-state index < -0.39 is 0 Å². The zero-order valence-corrected chi connectivity index (χ0v) is 17.5. The number of aromatic nitrogens is 2. The van der Waals surface area contributed by atoms with E-state index >= 15 is 0 Å². The summed E-state index contributed by atoms with van der Waals surface area (Å²) in [6, 6.07) is 13.8. The van der Waals surface area contributed by atoms with Gasteiger partial charge in [-0.15, -0.1) is 0 Å². The molecule has 0 unspecified atom stereocenters. The summed E-state index contributed by atoms with van der Waals surface area (Å²) in [7, 11) is 0. The Morgan fingerprint density at radius 2 is 1.97 bits per heavy atom. The fraction of sp³-hybridized carbons (Fsp3) is 0.292. The molecule has 1 aromatic heterocycles. The van der Waals surface area contributed by atoms with Crippen LogP contribution in [0.4, 0.5) is 0 Å². The minimum atomic E-state index is 0.101. The van der Waals surface area contributed by atoms with E-state index in [1.807, 2.05) is 67.4 Å². The van der Waals surface area contributed by atoms with E-state index in [0.717, 1.165) is 52.9 Å². The maximum Gasteiger partial charge on any atom is 0.254 e. The van der Waals surface area contributed by atoms with E-state index in [9.17, 15) is 4.79 Å². The highest BCUT2D eigenvalue weighted by molar-refractivity contribution is 6.33. The highest BCUT2D eigenvalue weighted by Crippen LogP contribution is 2.36. The van der Waals surface area contributed by atoms with E-state index in [1.165, 1.54) is 0 Å².